The number of hydroxylamine groups is 2. The van der Waals surface area contributed by atoms with Gasteiger partial charge in [-0.1, -0.05) is 6.92 Å². The number of nitrogens with zero attached hydrogens (tertiary/aromatic N) is 1. The van der Waals surface area contributed by atoms with Gasteiger partial charge in [0, 0.05) is 4.88 Å². The van der Waals surface area contributed by atoms with Gasteiger partial charge in [0.25, 0.3) is 5.91 Å². The van der Waals surface area contributed by atoms with Gasteiger partial charge in [-0.2, -0.15) is 0 Å². The molecule has 0 radical (unpaired) electrons. The number of carbonyl (C=O) groups excluding carboxylic acids is 1. The highest BCUT2D eigenvalue weighted by Crippen LogP contribution is 2.24. The van der Waals surface area contributed by atoms with E-state index in [1.54, 1.807) is 11.3 Å². The lowest BCUT2D eigenvalue weighted by atomic mass is 10.2. The Hall–Kier alpha value is -0.870. The fourth-order valence-electron chi connectivity index (χ4n) is 1.71. The number of rotatable bonds is 2. The lowest BCUT2D eigenvalue weighted by Crippen LogP contribution is -2.25. The third-order valence-corrected chi connectivity index (χ3v) is 3.67. The van der Waals surface area contributed by atoms with E-state index in [1.165, 1.54) is 15.5 Å². The molecular formula is C11H15NO2S. The maximum absolute atomic E-state index is 11.9. The molecule has 0 spiro atoms. The Morgan fingerprint density at radius 3 is 3.00 bits per heavy atom. The van der Waals surface area contributed by atoms with Crippen molar-refractivity contribution in [3.05, 3.63) is 21.4 Å². The number of hydrogen-bond donors (Lipinski definition) is 0. The van der Waals surface area contributed by atoms with Crippen molar-refractivity contribution >= 4 is 17.2 Å². The van der Waals surface area contributed by atoms with Crippen LogP contribution in [0.15, 0.2) is 6.07 Å². The van der Waals surface area contributed by atoms with E-state index in [2.05, 4.69) is 13.8 Å². The molecule has 0 aliphatic carbocycles. The van der Waals surface area contributed by atoms with E-state index in [1.807, 2.05) is 6.07 Å². The Balaban J connectivity index is 2.17. The fraction of sp³-hybridized carbons (Fsp3) is 0.545. The van der Waals surface area contributed by atoms with E-state index >= 15 is 0 Å². The molecule has 82 valence electrons. The van der Waals surface area contributed by atoms with Gasteiger partial charge < -0.3 is 0 Å². The van der Waals surface area contributed by atoms with Crippen LogP contribution in [0.2, 0.25) is 0 Å². The standard InChI is InChI=1S/C11H15NO2S/c1-3-9-7-10(15-8(9)2)11(13)12-5-4-6-14-12/h7H,3-6H2,1-2H3. The molecule has 0 saturated carbocycles. The largest absolute Gasteiger partial charge is 0.287 e. The van der Waals surface area contributed by atoms with Crippen molar-refractivity contribution in [1.29, 1.82) is 0 Å². The molecule has 0 bridgehead atoms. The van der Waals surface area contributed by atoms with Gasteiger partial charge in [0.05, 0.1) is 18.0 Å². The van der Waals surface area contributed by atoms with Gasteiger partial charge in [0.1, 0.15) is 0 Å². The highest BCUT2D eigenvalue weighted by atomic mass is 32.1. The lowest BCUT2D eigenvalue weighted by molar-refractivity contribution is -0.0765. The van der Waals surface area contributed by atoms with Gasteiger partial charge in [0.2, 0.25) is 0 Å². The molecule has 0 atom stereocenters. The summed E-state index contributed by atoms with van der Waals surface area (Å²) < 4.78 is 0. The first-order chi connectivity index (χ1) is 7.22. The summed E-state index contributed by atoms with van der Waals surface area (Å²) in [7, 11) is 0. The molecule has 2 rings (SSSR count). The van der Waals surface area contributed by atoms with Crippen molar-refractivity contribution in [2.24, 2.45) is 0 Å². The van der Waals surface area contributed by atoms with E-state index in [4.69, 9.17) is 4.84 Å². The number of hydrogen-bond acceptors (Lipinski definition) is 3. The van der Waals surface area contributed by atoms with Gasteiger partial charge in [-0.25, -0.2) is 5.06 Å². The Kier molecular flexibility index (Phi) is 3.07. The summed E-state index contributed by atoms with van der Waals surface area (Å²) in [5.41, 5.74) is 1.27. The summed E-state index contributed by atoms with van der Waals surface area (Å²) in [6.45, 7) is 5.55. The van der Waals surface area contributed by atoms with Crippen LogP contribution in [-0.2, 0) is 11.3 Å². The number of carbonyl (C=O) groups is 1. The predicted molar refractivity (Wildman–Crippen MR) is 60.0 cm³/mol. The van der Waals surface area contributed by atoms with E-state index in [9.17, 15) is 4.79 Å². The molecule has 0 aromatic carbocycles. The lowest BCUT2D eigenvalue weighted by Gasteiger charge is -2.11. The normalized spacial score (nSPS) is 16.0. The number of aryl methyl sites for hydroxylation is 2. The molecule has 1 aromatic heterocycles. The molecule has 1 fully saturated rings. The quantitative estimate of drug-likeness (QED) is 0.773. The summed E-state index contributed by atoms with van der Waals surface area (Å²) in [4.78, 5) is 19.2. The van der Waals surface area contributed by atoms with Crippen LogP contribution >= 0.6 is 11.3 Å². The molecule has 1 saturated heterocycles. The van der Waals surface area contributed by atoms with Gasteiger partial charge >= 0.3 is 0 Å². The first-order valence-corrected chi connectivity index (χ1v) is 6.08. The minimum Gasteiger partial charge on any atom is -0.271 e. The topological polar surface area (TPSA) is 29.5 Å². The predicted octanol–water partition coefficient (Wildman–Crippen LogP) is 2.40. The Morgan fingerprint density at radius 2 is 2.47 bits per heavy atom. The highest BCUT2D eigenvalue weighted by molar-refractivity contribution is 7.14. The van der Waals surface area contributed by atoms with Crippen molar-refractivity contribution in [3.63, 3.8) is 0 Å². The maximum atomic E-state index is 11.9. The molecule has 2 heterocycles. The molecule has 0 unspecified atom stereocenters. The van der Waals surface area contributed by atoms with Crippen LogP contribution < -0.4 is 0 Å². The first-order valence-electron chi connectivity index (χ1n) is 5.26. The summed E-state index contributed by atoms with van der Waals surface area (Å²) in [5.74, 6) is 0.0142. The summed E-state index contributed by atoms with van der Waals surface area (Å²) in [5, 5.41) is 1.48. The van der Waals surface area contributed by atoms with Crippen molar-refractivity contribution in [3.8, 4) is 0 Å². The van der Waals surface area contributed by atoms with Gasteiger partial charge in [-0.05, 0) is 31.4 Å². The third kappa shape index (κ3) is 2.06. The molecule has 4 heteroatoms. The molecule has 3 nitrogen and oxygen atoms in total. The summed E-state index contributed by atoms with van der Waals surface area (Å²) >= 11 is 1.56. The highest BCUT2D eigenvalue weighted by Gasteiger charge is 2.22. The average Bonchev–Trinajstić information content (AvgIpc) is 2.85. The van der Waals surface area contributed by atoms with Gasteiger partial charge in [0.15, 0.2) is 0 Å². The summed E-state index contributed by atoms with van der Waals surface area (Å²) in [6.07, 6.45) is 1.92. The molecule has 15 heavy (non-hydrogen) atoms. The Bertz CT molecular complexity index is 367. The van der Waals surface area contributed by atoms with Crippen LogP contribution in [0.3, 0.4) is 0 Å². The van der Waals surface area contributed by atoms with Crippen molar-refractivity contribution < 1.29 is 9.63 Å². The van der Waals surface area contributed by atoms with Crippen LogP contribution in [0, 0.1) is 6.92 Å². The van der Waals surface area contributed by atoms with Crippen LogP contribution in [0.4, 0.5) is 0 Å². The van der Waals surface area contributed by atoms with Gasteiger partial charge in [-0.3, -0.25) is 9.63 Å². The van der Waals surface area contributed by atoms with Crippen molar-refractivity contribution in [2.75, 3.05) is 13.2 Å². The van der Waals surface area contributed by atoms with Gasteiger partial charge in [-0.15, -0.1) is 11.3 Å². The van der Waals surface area contributed by atoms with Crippen LogP contribution in [0.5, 0.6) is 0 Å². The van der Waals surface area contributed by atoms with E-state index in [0.29, 0.717) is 6.61 Å². The SMILES string of the molecule is CCc1cc(C(=O)N2CCCO2)sc1C. The minimum absolute atomic E-state index is 0.0142. The molecular weight excluding hydrogens is 210 g/mol. The second-order valence-electron chi connectivity index (χ2n) is 3.64. The van der Waals surface area contributed by atoms with E-state index < -0.39 is 0 Å². The van der Waals surface area contributed by atoms with Crippen LogP contribution in [0.25, 0.3) is 0 Å². The Morgan fingerprint density at radius 1 is 1.67 bits per heavy atom. The average molecular weight is 225 g/mol. The zero-order chi connectivity index (χ0) is 10.8. The van der Waals surface area contributed by atoms with E-state index in [0.717, 1.165) is 24.3 Å². The monoisotopic (exact) mass is 225 g/mol. The molecule has 1 amide bonds. The van der Waals surface area contributed by atoms with Crippen molar-refractivity contribution in [1.82, 2.24) is 5.06 Å². The molecule has 1 aliphatic rings. The minimum atomic E-state index is 0.0142. The van der Waals surface area contributed by atoms with Crippen LogP contribution in [0.1, 0.15) is 33.5 Å². The zero-order valence-corrected chi connectivity index (χ0v) is 9.89. The molecule has 1 aromatic rings. The summed E-state index contributed by atoms with van der Waals surface area (Å²) in [6, 6.07) is 1.99. The van der Waals surface area contributed by atoms with Crippen LogP contribution in [-0.4, -0.2) is 24.1 Å². The smallest absolute Gasteiger partial charge is 0.271 e. The third-order valence-electron chi connectivity index (χ3n) is 2.59. The van der Waals surface area contributed by atoms with Crippen molar-refractivity contribution in [2.45, 2.75) is 26.7 Å². The molecule has 1 aliphatic heterocycles. The fourth-order valence-corrected chi connectivity index (χ4v) is 2.76. The zero-order valence-electron chi connectivity index (χ0n) is 9.08. The second kappa shape index (κ2) is 4.33. The first kappa shape index (κ1) is 10.6. The number of thiophene rings is 1. The maximum Gasteiger partial charge on any atom is 0.287 e. The van der Waals surface area contributed by atoms with E-state index in [-0.39, 0.29) is 5.91 Å². The Labute approximate surface area is 93.6 Å². The second-order valence-corrected chi connectivity index (χ2v) is 4.90. The molecule has 0 N–H and O–H groups in total. The number of amides is 1.